The lowest BCUT2D eigenvalue weighted by Crippen LogP contribution is -2.49. The lowest BCUT2D eigenvalue weighted by molar-refractivity contribution is -0.131. The van der Waals surface area contributed by atoms with E-state index in [0.29, 0.717) is 0 Å². The molecule has 0 aromatic rings. The summed E-state index contributed by atoms with van der Waals surface area (Å²) in [6, 6.07) is -1.05. The first-order chi connectivity index (χ1) is 11.8. The van der Waals surface area contributed by atoms with Crippen molar-refractivity contribution in [3.8, 4) is 0 Å². The van der Waals surface area contributed by atoms with E-state index in [1.165, 1.54) is 7.05 Å². The summed E-state index contributed by atoms with van der Waals surface area (Å²) < 4.78 is 0. The van der Waals surface area contributed by atoms with Crippen molar-refractivity contribution in [3.63, 3.8) is 0 Å². The monoisotopic (exact) mass is 358 g/mol. The second-order valence-electron chi connectivity index (χ2n) is 5.95. The largest absolute Gasteiger partial charge is 0.465 e. The maximum absolute atomic E-state index is 12.1. The molecule has 0 fully saturated rings. The highest BCUT2D eigenvalue weighted by Crippen LogP contribution is 2.05. The zero-order valence-corrected chi connectivity index (χ0v) is 15.0. The molecule has 1 atom stereocenters. The summed E-state index contributed by atoms with van der Waals surface area (Å²) in [4.78, 5) is 46.8. The highest BCUT2D eigenvalue weighted by molar-refractivity contribution is 5.91. The maximum Gasteiger partial charge on any atom is 0.407 e. The third-order valence-corrected chi connectivity index (χ3v) is 3.64. The quantitative estimate of drug-likeness (QED) is 0.353. The number of amides is 4. The van der Waals surface area contributed by atoms with Crippen molar-refractivity contribution < 1.29 is 24.3 Å². The molecule has 4 amide bonds. The molecule has 0 unspecified atom stereocenters. The van der Waals surface area contributed by atoms with Gasteiger partial charge in [-0.25, -0.2) is 4.79 Å². The van der Waals surface area contributed by atoms with Gasteiger partial charge >= 0.3 is 6.09 Å². The van der Waals surface area contributed by atoms with Crippen molar-refractivity contribution in [2.24, 2.45) is 5.73 Å². The van der Waals surface area contributed by atoms with Crippen LogP contribution in [0.15, 0.2) is 0 Å². The summed E-state index contributed by atoms with van der Waals surface area (Å²) in [5.41, 5.74) is 5.12. The summed E-state index contributed by atoms with van der Waals surface area (Å²) in [7, 11) is 1.37. The normalized spacial score (nSPS) is 11.4. The molecule has 25 heavy (non-hydrogen) atoms. The molecule has 0 heterocycles. The van der Waals surface area contributed by atoms with Gasteiger partial charge in [-0.2, -0.15) is 0 Å². The number of carboxylic acid groups (broad SMARTS) is 1. The Morgan fingerprint density at radius 1 is 1.12 bits per heavy atom. The summed E-state index contributed by atoms with van der Waals surface area (Å²) in [5, 5.41) is 13.7. The molecule has 0 bridgehead atoms. The Labute approximate surface area is 148 Å². The van der Waals surface area contributed by atoms with Crippen LogP contribution in [0, 0.1) is 0 Å². The van der Waals surface area contributed by atoms with E-state index in [2.05, 4.69) is 17.6 Å². The summed E-state index contributed by atoms with van der Waals surface area (Å²) >= 11 is 0. The number of likely N-dealkylation sites (N-methyl/N-ethyl adjacent to an activating group) is 1. The number of carbonyl (C=O) groups excluding carboxylic acids is 3. The molecule has 0 saturated heterocycles. The van der Waals surface area contributed by atoms with E-state index in [1.807, 2.05) is 0 Å². The Morgan fingerprint density at radius 2 is 1.76 bits per heavy atom. The van der Waals surface area contributed by atoms with Crippen LogP contribution in [0.1, 0.15) is 51.9 Å². The second kappa shape index (κ2) is 13.0. The van der Waals surface area contributed by atoms with Gasteiger partial charge in [0.2, 0.25) is 17.7 Å². The average Bonchev–Trinajstić information content (AvgIpc) is 2.53. The topological polar surface area (TPSA) is 142 Å². The number of hydrogen-bond donors (Lipinski definition) is 4. The molecule has 144 valence electrons. The van der Waals surface area contributed by atoms with Crippen LogP contribution in [0.3, 0.4) is 0 Å². The van der Waals surface area contributed by atoms with Gasteiger partial charge < -0.3 is 26.4 Å². The van der Waals surface area contributed by atoms with Crippen LogP contribution in [0.2, 0.25) is 0 Å². The Kier molecular flexibility index (Phi) is 11.8. The summed E-state index contributed by atoms with van der Waals surface area (Å²) in [6.07, 6.45) is 3.83. The molecule has 0 aliphatic heterocycles. The Morgan fingerprint density at radius 3 is 2.32 bits per heavy atom. The van der Waals surface area contributed by atoms with E-state index >= 15 is 0 Å². The highest BCUT2D eigenvalue weighted by Gasteiger charge is 2.22. The van der Waals surface area contributed by atoms with E-state index in [-0.39, 0.29) is 31.8 Å². The second-order valence-corrected chi connectivity index (χ2v) is 5.95. The minimum Gasteiger partial charge on any atom is -0.465 e. The van der Waals surface area contributed by atoms with Crippen molar-refractivity contribution >= 4 is 23.8 Å². The van der Waals surface area contributed by atoms with Crippen LogP contribution in [-0.2, 0) is 14.4 Å². The first-order valence-electron chi connectivity index (χ1n) is 8.57. The molecular formula is C16H30N4O5. The van der Waals surface area contributed by atoms with Crippen molar-refractivity contribution in [1.29, 1.82) is 0 Å². The molecule has 0 saturated carbocycles. The van der Waals surface area contributed by atoms with Gasteiger partial charge in [-0.05, 0) is 6.42 Å². The van der Waals surface area contributed by atoms with Crippen LogP contribution < -0.4 is 16.4 Å². The standard InChI is InChI=1S/C16H30N4O5/c1-3-4-5-6-7-8-14(22)19-12(11-13(17)21)15(23)18-9-10-20(2)16(24)25/h12H,3-11H2,1-2H3,(H2,17,21)(H,18,23)(H,19,22)(H,24,25)/t12-/m1/s1. The van der Waals surface area contributed by atoms with E-state index in [4.69, 9.17) is 10.8 Å². The van der Waals surface area contributed by atoms with E-state index in [0.717, 1.165) is 37.0 Å². The third-order valence-electron chi connectivity index (χ3n) is 3.64. The number of unbranched alkanes of at least 4 members (excludes halogenated alkanes) is 4. The summed E-state index contributed by atoms with van der Waals surface area (Å²) in [5.74, 6) is -1.57. The number of hydrogen-bond acceptors (Lipinski definition) is 4. The fourth-order valence-electron chi connectivity index (χ4n) is 2.13. The van der Waals surface area contributed by atoms with Gasteiger partial charge in [0.25, 0.3) is 0 Å². The lowest BCUT2D eigenvalue weighted by Gasteiger charge is -2.18. The molecule has 5 N–H and O–H groups in total. The first kappa shape index (κ1) is 22.7. The molecular weight excluding hydrogens is 328 g/mol. The van der Waals surface area contributed by atoms with Crippen LogP contribution >= 0.6 is 0 Å². The zero-order chi connectivity index (χ0) is 19.2. The number of nitrogens with one attached hydrogen (secondary N) is 2. The van der Waals surface area contributed by atoms with Crippen LogP contribution in [0.5, 0.6) is 0 Å². The molecule has 9 nitrogen and oxygen atoms in total. The molecule has 0 rings (SSSR count). The third kappa shape index (κ3) is 11.8. The van der Waals surface area contributed by atoms with Crippen molar-refractivity contribution in [3.05, 3.63) is 0 Å². The van der Waals surface area contributed by atoms with Gasteiger partial charge in [-0.3, -0.25) is 14.4 Å². The Balaban J connectivity index is 4.33. The molecule has 0 aromatic carbocycles. The number of nitrogens with two attached hydrogens (primary N) is 1. The fourth-order valence-corrected chi connectivity index (χ4v) is 2.13. The Hall–Kier alpha value is -2.32. The predicted molar refractivity (Wildman–Crippen MR) is 92.8 cm³/mol. The lowest BCUT2D eigenvalue weighted by atomic mass is 10.1. The molecule has 0 aliphatic rings. The molecule has 0 aromatic heterocycles. The van der Waals surface area contributed by atoms with Crippen LogP contribution in [0.25, 0.3) is 0 Å². The molecule has 0 aliphatic carbocycles. The zero-order valence-electron chi connectivity index (χ0n) is 15.0. The molecule has 9 heteroatoms. The minimum atomic E-state index is -1.11. The van der Waals surface area contributed by atoms with Gasteiger partial charge in [0.1, 0.15) is 6.04 Å². The van der Waals surface area contributed by atoms with E-state index in [9.17, 15) is 19.2 Å². The maximum atomic E-state index is 12.1. The van der Waals surface area contributed by atoms with Crippen molar-refractivity contribution in [1.82, 2.24) is 15.5 Å². The van der Waals surface area contributed by atoms with E-state index in [1.54, 1.807) is 0 Å². The van der Waals surface area contributed by atoms with Gasteiger partial charge in [0.15, 0.2) is 0 Å². The van der Waals surface area contributed by atoms with Gasteiger partial charge in [-0.1, -0.05) is 32.6 Å². The fraction of sp³-hybridized carbons (Fsp3) is 0.750. The van der Waals surface area contributed by atoms with Crippen molar-refractivity contribution in [2.45, 2.75) is 57.9 Å². The van der Waals surface area contributed by atoms with Gasteiger partial charge in [0, 0.05) is 26.6 Å². The molecule has 0 radical (unpaired) electrons. The van der Waals surface area contributed by atoms with Gasteiger partial charge in [0.05, 0.1) is 6.42 Å². The summed E-state index contributed by atoms with van der Waals surface area (Å²) in [6.45, 7) is 2.27. The number of carbonyl (C=O) groups is 4. The van der Waals surface area contributed by atoms with Crippen LogP contribution in [-0.4, -0.2) is 60.0 Å². The predicted octanol–water partition coefficient (Wildman–Crippen LogP) is 0.433. The minimum absolute atomic E-state index is 0.0732. The van der Waals surface area contributed by atoms with Gasteiger partial charge in [-0.15, -0.1) is 0 Å². The van der Waals surface area contributed by atoms with E-state index < -0.39 is 23.9 Å². The smallest absolute Gasteiger partial charge is 0.407 e. The molecule has 0 spiro atoms. The van der Waals surface area contributed by atoms with Crippen LogP contribution in [0.4, 0.5) is 4.79 Å². The highest BCUT2D eigenvalue weighted by atomic mass is 16.4. The first-order valence-corrected chi connectivity index (χ1v) is 8.57. The Bertz CT molecular complexity index is 456. The number of rotatable bonds is 13. The van der Waals surface area contributed by atoms with Crippen molar-refractivity contribution in [2.75, 3.05) is 20.1 Å². The average molecular weight is 358 g/mol. The SMILES string of the molecule is CCCCCCCC(=O)N[C@H](CC(N)=O)C(=O)NCCN(C)C(=O)O. The number of primary amides is 1. The number of nitrogens with zero attached hydrogens (tertiary/aromatic N) is 1.